The van der Waals surface area contributed by atoms with Crippen LogP contribution >= 0.6 is 0 Å². The molecule has 31 heavy (non-hydrogen) atoms. The quantitative estimate of drug-likeness (QED) is 0.430. The van der Waals surface area contributed by atoms with Gasteiger partial charge in [0, 0.05) is 44.8 Å². The van der Waals surface area contributed by atoms with E-state index in [4.69, 9.17) is 0 Å². The summed E-state index contributed by atoms with van der Waals surface area (Å²) in [5.41, 5.74) is 3.11. The Morgan fingerprint density at radius 1 is 1.06 bits per heavy atom. The van der Waals surface area contributed by atoms with Crippen molar-refractivity contribution >= 4 is 11.9 Å². The Bertz CT molecular complexity index is 852. The smallest absolute Gasteiger partial charge is 0.251 e. The first kappa shape index (κ1) is 22.8. The molecule has 1 unspecified atom stereocenters. The molecule has 1 aliphatic heterocycles. The van der Waals surface area contributed by atoms with E-state index in [1.165, 1.54) is 18.4 Å². The summed E-state index contributed by atoms with van der Waals surface area (Å²) in [4.78, 5) is 19.1. The molecule has 6 nitrogen and oxygen atoms in total. The molecule has 2 aromatic rings. The maximum atomic E-state index is 12.2. The number of carbonyl (C=O) groups excluding carboxylic acids is 1. The van der Waals surface area contributed by atoms with E-state index in [1.807, 2.05) is 31.2 Å². The predicted molar refractivity (Wildman–Crippen MR) is 127 cm³/mol. The third kappa shape index (κ3) is 7.10. The van der Waals surface area contributed by atoms with Crippen LogP contribution in [-0.4, -0.2) is 49.5 Å². The second-order valence-electron chi connectivity index (χ2n) is 8.02. The number of hydrogen-bond acceptors (Lipinski definition) is 3. The molecule has 1 heterocycles. The molecular weight excluding hydrogens is 386 g/mol. The first-order valence-corrected chi connectivity index (χ1v) is 11.3. The summed E-state index contributed by atoms with van der Waals surface area (Å²) >= 11 is 0. The van der Waals surface area contributed by atoms with Crippen LogP contribution in [0.3, 0.4) is 0 Å². The number of carbonyl (C=O) groups is 1. The second kappa shape index (κ2) is 12.1. The van der Waals surface area contributed by atoms with Gasteiger partial charge in [-0.15, -0.1) is 0 Å². The van der Waals surface area contributed by atoms with Gasteiger partial charge in [0.2, 0.25) is 0 Å². The topological polar surface area (TPSA) is 68.8 Å². The van der Waals surface area contributed by atoms with Crippen LogP contribution in [0, 0.1) is 0 Å². The SMILES string of the molecule is CCCNC(=O)c1cccc(CNC(=NC)NCC2CCCN2Cc2ccccc2)c1. The molecule has 0 bridgehead atoms. The molecule has 0 aromatic heterocycles. The maximum absolute atomic E-state index is 12.2. The number of amides is 1. The van der Waals surface area contributed by atoms with Crippen molar-refractivity contribution < 1.29 is 4.79 Å². The lowest BCUT2D eigenvalue weighted by Gasteiger charge is -2.25. The van der Waals surface area contributed by atoms with Crippen molar-refractivity contribution in [2.75, 3.05) is 26.7 Å². The molecule has 1 saturated heterocycles. The molecular formula is C25H35N5O. The minimum Gasteiger partial charge on any atom is -0.355 e. The molecule has 1 amide bonds. The molecule has 0 saturated carbocycles. The fraction of sp³-hybridized carbons (Fsp3) is 0.440. The summed E-state index contributed by atoms with van der Waals surface area (Å²) in [6.07, 6.45) is 3.36. The standard InChI is InChI=1S/C25H35N5O/c1-3-14-27-24(31)22-12-7-11-21(16-22)17-28-25(26-2)29-18-23-13-8-15-30(23)19-20-9-5-4-6-10-20/h4-7,9-12,16,23H,3,8,13-15,17-19H2,1-2H3,(H,27,31)(H2,26,28,29). The van der Waals surface area contributed by atoms with Gasteiger partial charge < -0.3 is 16.0 Å². The summed E-state index contributed by atoms with van der Waals surface area (Å²) in [5, 5.41) is 9.78. The van der Waals surface area contributed by atoms with Gasteiger partial charge in [-0.05, 0) is 49.1 Å². The molecule has 1 atom stereocenters. The van der Waals surface area contributed by atoms with Crippen LogP contribution in [0.1, 0.15) is 47.7 Å². The van der Waals surface area contributed by atoms with Crippen LogP contribution in [0.4, 0.5) is 0 Å². The van der Waals surface area contributed by atoms with E-state index in [0.29, 0.717) is 24.7 Å². The van der Waals surface area contributed by atoms with Crippen LogP contribution in [0.15, 0.2) is 59.6 Å². The molecule has 1 aliphatic rings. The average molecular weight is 422 g/mol. The van der Waals surface area contributed by atoms with E-state index in [-0.39, 0.29) is 5.91 Å². The highest BCUT2D eigenvalue weighted by molar-refractivity contribution is 5.94. The molecule has 3 rings (SSSR count). The molecule has 1 fully saturated rings. The van der Waals surface area contributed by atoms with Gasteiger partial charge in [0.15, 0.2) is 5.96 Å². The van der Waals surface area contributed by atoms with E-state index in [0.717, 1.165) is 37.6 Å². The number of aliphatic imine (C=N–C) groups is 1. The van der Waals surface area contributed by atoms with Crippen molar-refractivity contribution in [1.82, 2.24) is 20.9 Å². The van der Waals surface area contributed by atoms with Gasteiger partial charge in [-0.2, -0.15) is 0 Å². The minimum atomic E-state index is -0.0223. The zero-order chi connectivity index (χ0) is 21.9. The molecule has 0 spiro atoms. The van der Waals surface area contributed by atoms with Crippen LogP contribution < -0.4 is 16.0 Å². The second-order valence-corrected chi connectivity index (χ2v) is 8.02. The first-order chi connectivity index (χ1) is 15.2. The Morgan fingerprint density at radius 2 is 1.87 bits per heavy atom. The van der Waals surface area contributed by atoms with Gasteiger partial charge in [-0.3, -0.25) is 14.7 Å². The molecule has 0 aliphatic carbocycles. The number of nitrogens with zero attached hydrogens (tertiary/aromatic N) is 2. The lowest BCUT2D eigenvalue weighted by Crippen LogP contribution is -2.44. The normalized spacial score (nSPS) is 16.8. The van der Waals surface area contributed by atoms with Crippen LogP contribution in [0.2, 0.25) is 0 Å². The first-order valence-electron chi connectivity index (χ1n) is 11.3. The van der Waals surface area contributed by atoms with E-state index in [1.54, 1.807) is 7.05 Å². The minimum absolute atomic E-state index is 0.0223. The number of hydrogen-bond donors (Lipinski definition) is 3. The fourth-order valence-corrected chi connectivity index (χ4v) is 3.94. The Kier molecular flexibility index (Phi) is 8.91. The molecule has 3 N–H and O–H groups in total. The molecule has 6 heteroatoms. The van der Waals surface area contributed by atoms with Crippen molar-refractivity contribution in [3.05, 3.63) is 71.3 Å². The van der Waals surface area contributed by atoms with Gasteiger partial charge in [-0.1, -0.05) is 49.4 Å². The largest absolute Gasteiger partial charge is 0.355 e. The zero-order valence-electron chi connectivity index (χ0n) is 18.7. The van der Waals surface area contributed by atoms with Crippen molar-refractivity contribution in [3.8, 4) is 0 Å². The summed E-state index contributed by atoms with van der Waals surface area (Å²) < 4.78 is 0. The van der Waals surface area contributed by atoms with E-state index < -0.39 is 0 Å². The number of rotatable bonds is 9. The van der Waals surface area contributed by atoms with Crippen LogP contribution in [0.5, 0.6) is 0 Å². The number of guanidine groups is 1. The molecule has 2 aromatic carbocycles. The third-order valence-corrected chi connectivity index (χ3v) is 5.64. The van der Waals surface area contributed by atoms with Gasteiger partial charge in [0.1, 0.15) is 0 Å². The summed E-state index contributed by atoms with van der Waals surface area (Å²) in [6.45, 7) is 6.36. The van der Waals surface area contributed by atoms with Gasteiger partial charge >= 0.3 is 0 Å². The Morgan fingerprint density at radius 3 is 2.65 bits per heavy atom. The monoisotopic (exact) mass is 421 g/mol. The summed E-state index contributed by atoms with van der Waals surface area (Å²) in [6, 6.07) is 18.9. The van der Waals surface area contributed by atoms with Crippen molar-refractivity contribution in [3.63, 3.8) is 0 Å². The van der Waals surface area contributed by atoms with E-state index in [9.17, 15) is 4.79 Å². The summed E-state index contributed by atoms with van der Waals surface area (Å²) in [5.74, 6) is 0.762. The zero-order valence-corrected chi connectivity index (χ0v) is 18.7. The van der Waals surface area contributed by atoms with Crippen molar-refractivity contribution in [2.24, 2.45) is 4.99 Å². The third-order valence-electron chi connectivity index (χ3n) is 5.64. The lowest BCUT2D eigenvalue weighted by atomic mass is 10.1. The van der Waals surface area contributed by atoms with Gasteiger partial charge in [-0.25, -0.2) is 0 Å². The highest BCUT2D eigenvalue weighted by Gasteiger charge is 2.24. The van der Waals surface area contributed by atoms with E-state index in [2.05, 4.69) is 56.2 Å². The van der Waals surface area contributed by atoms with Crippen LogP contribution in [0.25, 0.3) is 0 Å². The lowest BCUT2D eigenvalue weighted by molar-refractivity contribution is 0.0953. The Labute approximate surface area is 186 Å². The van der Waals surface area contributed by atoms with Crippen molar-refractivity contribution in [1.29, 1.82) is 0 Å². The van der Waals surface area contributed by atoms with Gasteiger partial charge in [0.05, 0.1) is 0 Å². The highest BCUT2D eigenvalue weighted by atomic mass is 16.1. The predicted octanol–water partition coefficient (Wildman–Crippen LogP) is 3.16. The van der Waals surface area contributed by atoms with E-state index >= 15 is 0 Å². The number of nitrogens with one attached hydrogen (secondary N) is 3. The Balaban J connectivity index is 1.48. The van der Waals surface area contributed by atoms with Crippen LogP contribution in [-0.2, 0) is 13.1 Å². The van der Waals surface area contributed by atoms with Gasteiger partial charge in [0.25, 0.3) is 5.91 Å². The highest BCUT2D eigenvalue weighted by Crippen LogP contribution is 2.19. The molecule has 166 valence electrons. The number of likely N-dealkylation sites (tertiary alicyclic amines) is 1. The average Bonchev–Trinajstić information content (AvgIpc) is 3.25. The van der Waals surface area contributed by atoms with Crippen molar-refractivity contribution in [2.45, 2.75) is 45.3 Å². The Hall–Kier alpha value is -2.86. The fourth-order valence-electron chi connectivity index (χ4n) is 3.94. The summed E-state index contributed by atoms with van der Waals surface area (Å²) in [7, 11) is 1.79. The molecule has 0 radical (unpaired) electrons. The number of benzene rings is 2. The maximum Gasteiger partial charge on any atom is 0.251 e.